The Balaban J connectivity index is 0.00000196. The third-order valence-corrected chi connectivity index (χ3v) is 1.35. The number of rotatable bonds is 2. The molecular weight excluding hydrogens is 196 g/mol. The predicted octanol–water partition coefficient (Wildman–Crippen LogP) is 2.17. The van der Waals surface area contributed by atoms with E-state index in [1.807, 2.05) is 0 Å². The van der Waals surface area contributed by atoms with Gasteiger partial charge < -0.3 is 9.47 Å². The van der Waals surface area contributed by atoms with Crippen molar-refractivity contribution in [2.75, 3.05) is 0 Å². The summed E-state index contributed by atoms with van der Waals surface area (Å²) in [5, 5.41) is 0. The van der Waals surface area contributed by atoms with Crippen LogP contribution < -0.4 is 9.47 Å². The maximum atomic E-state index is 10.6. The van der Waals surface area contributed by atoms with Gasteiger partial charge in [-0.05, 0) is 24.3 Å². The molecule has 0 bridgehead atoms. The molecule has 0 saturated carbocycles. The van der Waals surface area contributed by atoms with E-state index in [1.54, 1.807) is 24.3 Å². The van der Waals surface area contributed by atoms with E-state index in [0.29, 0.717) is 11.5 Å². The van der Waals surface area contributed by atoms with Gasteiger partial charge in [0, 0.05) is 13.8 Å². The van der Waals surface area contributed by atoms with Gasteiger partial charge in [-0.3, -0.25) is 9.59 Å². The molecule has 0 unspecified atom stereocenters. The molecular formula is C11H14O4. The highest BCUT2D eigenvalue weighted by Crippen LogP contribution is 2.17. The average molecular weight is 210 g/mol. The first-order chi connectivity index (χ1) is 6.58. The molecule has 1 aromatic rings. The third-order valence-electron chi connectivity index (χ3n) is 1.35. The largest absolute Gasteiger partial charge is 0.427 e. The fraction of sp³-hybridized carbons (Fsp3) is 0.273. The van der Waals surface area contributed by atoms with Crippen molar-refractivity contribution < 1.29 is 19.1 Å². The van der Waals surface area contributed by atoms with Gasteiger partial charge in [0.25, 0.3) is 0 Å². The standard InChI is InChI=1S/C10H10O4.CH4/c1-7(11)13-9-3-5-10(6-4-9)14-8(2)12;/h3-6H,1-2H3;1H4. The molecule has 0 amide bonds. The lowest BCUT2D eigenvalue weighted by Crippen LogP contribution is -2.03. The van der Waals surface area contributed by atoms with Crippen LogP contribution in [0.3, 0.4) is 0 Å². The van der Waals surface area contributed by atoms with Crippen molar-refractivity contribution in [1.29, 1.82) is 0 Å². The fourth-order valence-corrected chi connectivity index (χ4v) is 0.908. The van der Waals surface area contributed by atoms with Gasteiger partial charge in [0.2, 0.25) is 0 Å². The first-order valence-electron chi connectivity index (χ1n) is 4.05. The Labute approximate surface area is 88.8 Å². The van der Waals surface area contributed by atoms with E-state index in [2.05, 4.69) is 0 Å². The molecule has 0 spiro atoms. The number of ether oxygens (including phenoxy) is 2. The van der Waals surface area contributed by atoms with Crippen LogP contribution in [-0.4, -0.2) is 11.9 Å². The van der Waals surface area contributed by atoms with Crippen molar-refractivity contribution in [1.82, 2.24) is 0 Å². The Morgan fingerprint density at radius 2 is 1.13 bits per heavy atom. The monoisotopic (exact) mass is 210 g/mol. The number of carbonyl (C=O) groups is 2. The van der Waals surface area contributed by atoms with Crippen LogP contribution in [0.5, 0.6) is 11.5 Å². The van der Waals surface area contributed by atoms with E-state index in [0.717, 1.165) is 0 Å². The summed E-state index contributed by atoms with van der Waals surface area (Å²) in [4.78, 5) is 21.1. The fourth-order valence-electron chi connectivity index (χ4n) is 0.908. The Hall–Kier alpha value is -1.84. The van der Waals surface area contributed by atoms with Gasteiger partial charge in [0.05, 0.1) is 0 Å². The van der Waals surface area contributed by atoms with Gasteiger partial charge >= 0.3 is 11.9 Å². The van der Waals surface area contributed by atoms with E-state index in [9.17, 15) is 9.59 Å². The van der Waals surface area contributed by atoms with Crippen LogP contribution in [0.15, 0.2) is 24.3 Å². The van der Waals surface area contributed by atoms with Crippen molar-refractivity contribution >= 4 is 11.9 Å². The minimum absolute atomic E-state index is 0. The van der Waals surface area contributed by atoms with E-state index in [4.69, 9.17) is 9.47 Å². The Bertz CT molecular complexity index is 305. The molecule has 82 valence electrons. The quantitative estimate of drug-likeness (QED) is 0.554. The highest BCUT2D eigenvalue weighted by atomic mass is 16.5. The number of esters is 2. The smallest absolute Gasteiger partial charge is 0.308 e. The van der Waals surface area contributed by atoms with Crippen LogP contribution in [0, 0.1) is 0 Å². The summed E-state index contributed by atoms with van der Waals surface area (Å²) in [7, 11) is 0. The molecule has 0 aliphatic rings. The second kappa shape index (κ2) is 5.80. The second-order valence-corrected chi connectivity index (χ2v) is 2.66. The lowest BCUT2D eigenvalue weighted by molar-refractivity contribution is -0.133. The molecule has 0 radical (unpaired) electrons. The minimum atomic E-state index is -0.384. The minimum Gasteiger partial charge on any atom is -0.427 e. The van der Waals surface area contributed by atoms with E-state index in [1.165, 1.54) is 13.8 Å². The van der Waals surface area contributed by atoms with Crippen molar-refractivity contribution in [2.24, 2.45) is 0 Å². The molecule has 4 heteroatoms. The normalized spacial score (nSPS) is 8.67. The van der Waals surface area contributed by atoms with Crippen LogP contribution in [0.2, 0.25) is 0 Å². The predicted molar refractivity (Wildman–Crippen MR) is 55.8 cm³/mol. The summed E-state index contributed by atoms with van der Waals surface area (Å²) >= 11 is 0. The molecule has 1 rings (SSSR count). The van der Waals surface area contributed by atoms with Crippen molar-refractivity contribution in [2.45, 2.75) is 21.3 Å². The van der Waals surface area contributed by atoms with E-state index < -0.39 is 0 Å². The molecule has 0 N–H and O–H groups in total. The van der Waals surface area contributed by atoms with Crippen LogP contribution >= 0.6 is 0 Å². The van der Waals surface area contributed by atoms with Crippen LogP contribution in [0.25, 0.3) is 0 Å². The number of hydrogen-bond donors (Lipinski definition) is 0. The summed E-state index contributed by atoms with van der Waals surface area (Å²) in [6.45, 7) is 2.64. The third kappa shape index (κ3) is 4.81. The molecule has 1 aromatic carbocycles. The van der Waals surface area contributed by atoms with Gasteiger partial charge in [0.1, 0.15) is 11.5 Å². The van der Waals surface area contributed by atoms with Gasteiger partial charge in [-0.15, -0.1) is 0 Å². The maximum Gasteiger partial charge on any atom is 0.308 e. The van der Waals surface area contributed by atoms with Crippen molar-refractivity contribution in [3.8, 4) is 11.5 Å². The van der Waals surface area contributed by atoms with Crippen LogP contribution in [0.1, 0.15) is 21.3 Å². The van der Waals surface area contributed by atoms with Gasteiger partial charge in [-0.2, -0.15) is 0 Å². The second-order valence-electron chi connectivity index (χ2n) is 2.66. The molecule has 0 aliphatic heterocycles. The molecule has 4 nitrogen and oxygen atoms in total. The molecule has 0 aromatic heterocycles. The summed E-state index contributed by atoms with van der Waals surface area (Å²) in [5.41, 5.74) is 0. The molecule has 15 heavy (non-hydrogen) atoms. The van der Waals surface area contributed by atoms with Gasteiger partial charge in [-0.25, -0.2) is 0 Å². The van der Waals surface area contributed by atoms with E-state index in [-0.39, 0.29) is 19.4 Å². The molecule has 0 heterocycles. The van der Waals surface area contributed by atoms with Crippen LogP contribution in [-0.2, 0) is 9.59 Å². The Kier molecular flexibility index (Phi) is 5.09. The van der Waals surface area contributed by atoms with E-state index >= 15 is 0 Å². The first kappa shape index (κ1) is 13.2. The van der Waals surface area contributed by atoms with Crippen molar-refractivity contribution in [3.05, 3.63) is 24.3 Å². The SMILES string of the molecule is C.CC(=O)Oc1ccc(OC(C)=O)cc1. The lowest BCUT2D eigenvalue weighted by Gasteiger charge is -2.03. The van der Waals surface area contributed by atoms with Crippen molar-refractivity contribution in [3.63, 3.8) is 0 Å². The zero-order valence-electron chi connectivity index (χ0n) is 7.94. The summed E-state index contributed by atoms with van der Waals surface area (Å²) < 4.78 is 9.59. The lowest BCUT2D eigenvalue weighted by atomic mass is 10.3. The molecule has 0 saturated heterocycles. The molecule has 0 fully saturated rings. The summed E-state index contributed by atoms with van der Waals surface area (Å²) in [5.74, 6) is 0.0808. The number of benzene rings is 1. The Morgan fingerprint density at radius 1 is 0.867 bits per heavy atom. The summed E-state index contributed by atoms with van der Waals surface area (Å²) in [6, 6.07) is 6.22. The highest BCUT2D eigenvalue weighted by Gasteiger charge is 2.00. The topological polar surface area (TPSA) is 52.6 Å². The number of carbonyl (C=O) groups excluding carboxylic acids is 2. The Morgan fingerprint density at radius 3 is 1.33 bits per heavy atom. The zero-order valence-corrected chi connectivity index (χ0v) is 7.94. The summed E-state index contributed by atoms with van der Waals surface area (Å²) in [6.07, 6.45) is 0. The van der Waals surface area contributed by atoms with Gasteiger partial charge in [0.15, 0.2) is 0 Å². The molecule has 0 atom stereocenters. The van der Waals surface area contributed by atoms with Crippen LogP contribution in [0.4, 0.5) is 0 Å². The highest BCUT2D eigenvalue weighted by molar-refractivity contribution is 5.70. The van der Waals surface area contributed by atoms with Gasteiger partial charge in [-0.1, -0.05) is 7.43 Å². The average Bonchev–Trinajstić information content (AvgIpc) is 2.06. The maximum absolute atomic E-state index is 10.6. The first-order valence-corrected chi connectivity index (χ1v) is 4.05. The number of hydrogen-bond acceptors (Lipinski definition) is 4. The zero-order chi connectivity index (χ0) is 10.6. The molecule has 0 aliphatic carbocycles.